The number of nitrogens with zero attached hydrogens (tertiary/aromatic N) is 2. The number of aliphatic hydroxyl groups excluding tert-OH is 1. The Morgan fingerprint density at radius 2 is 1.89 bits per heavy atom. The van der Waals surface area contributed by atoms with Crippen molar-refractivity contribution in [2.24, 2.45) is 5.41 Å². The van der Waals surface area contributed by atoms with Crippen LogP contribution in [-0.2, 0) is 0 Å². The first-order valence-corrected chi connectivity index (χ1v) is 7.35. The van der Waals surface area contributed by atoms with Gasteiger partial charge in [-0.25, -0.2) is 0 Å². The van der Waals surface area contributed by atoms with E-state index in [1.165, 1.54) is 32.1 Å². The molecule has 0 aromatic rings. The summed E-state index contributed by atoms with van der Waals surface area (Å²) in [5, 5.41) is 18.2. The van der Waals surface area contributed by atoms with Crippen molar-refractivity contribution in [1.82, 2.24) is 4.90 Å². The fraction of sp³-hybridized carbons (Fsp3) is 0.933. The van der Waals surface area contributed by atoms with Crippen molar-refractivity contribution in [3.63, 3.8) is 0 Å². The lowest BCUT2D eigenvalue weighted by Crippen LogP contribution is -2.39. The zero-order valence-corrected chi connectivity index (χ0v) is 12.0. The second-order valence-electron chi connectivity index (χ2n) is 6.15. The summed E-state index contributed by atoms with van der Waals surface area (Å²) in [4.78, 5) is 2.44. The molecular weight excluding hydrogens is 224 g/mol. The lowest BCUT2D eigenvalue weighted by molar-refractivity contribution is 0.119. The molecule has 3 nitrogen and oxygen atoms in total. The van der Waals surface area contributed by atoms with Gasteiger partial charge in [0.15, 0.2) is 0 Å². The Bertz CT molecular complexity index is 264. The van der Waals surface area contributed by atoms with Gasteiger partial charge in [0.05, 0.1) is 18.1 Å². The summed E-state index contributed by atoms with van der Waals surface area (Å²) in [5.41, 5.74) is -0.211. The van der Waals surface area contributed by atoms with E-state index in [1.54, 1.807) is 0 Å². The molecule has 0 amide bonds. The maximum atomic E-state index is 9.18. The van der Waals surface area contributed by atoms with Gasteiger partial charge >= 0.3 is 0 Å². The first kappa shape index (κ1) is 15.5. The van der Waals surface area contributed by atoms with Crippen LogP contribution in [0.15, 0.2) is 0 Å². The van der Waals surface area contributed by atoms with Gasteiger partial charge in [0.1, 0.15) is 0 Å². The molecule has 0 aromatic heterocycles. The first-order valence-electron chi connectivity index (χ1n) is 7.35. The first-order chi connectivity index (χ1) is 8.59. The lowest BCUT2D eigenvalue weighted by atomic mass is 9.89. The predicted octanol–water partition coefficient (Wildman–Crippen LogP) is 2.94. The summed E-state index contributed by atoms with van der Waals surface area (Å²) in [6, 6.07) is 3.02. The summed E-state index contributed by atoms with van der Waals surface area (Å²) in [7, 11) is 0. The summed E-state index contributed by atoms with van der Waals surface area (Å²) >= 11 is 0. The third-order valence-corrected chi connectivity index (χ3v) is 4.03. The Morgan fingerprint density at radius 1 is 1.22 bits per heavy atom. The van der Waals surface area contributed by atoms with E-state index in [4.69, 9.17) is 5.26 Å². The Kier molecular flexibility index (Phi) is 6.67. The van der Waals surface area contributed by atoms with Crippen LogP contribution in [0.3, 0.4) is 0 Å². The Balaban J connectivity index is 2.35. The monoisotopic (exact) mass is 252 g/mol. The van der Waals surface area contributed by atoms with E-state index in [2.05, 4.69) is 11.0 Å². The second-order valence-corrected chi connectivity index (χ2v) is 6.15. The van der Waals surface area contributed by atoms with Crippen molar-refractivity contribution in [1.29, 1.82) is 5.26 Å². The third kappa shape index (κ3) is 5.37. The standard InChI is InChI=1S/C15H28N2O/c1-15(2,13-16)9-6-10-17(11-12-18)14-7-4-3-5-8-14/h14,18H,3-12H2,1-2H3. The molecule has 0 heterocycles. The SMILES string of the molecule is CC(C)(C#N)CCCN(CCO)C1CCCCC1. The molecule has 1 N–H and O–H groups in total. The van der Waals surface area contributed by atoms with E-state index in [0.717, 1.165) is 25.9 Å². The molecule has 3 heteroatoms. The van der Waals surface area contributed by atoms with Gasteiger partial charge in [-0.15, -0.1) is 0 Å². The quantitative estimate of drug-likeness (QED) is 0.758. The molecule has 1 saturated carbocycles. The van der Waals surface area contributed by atoms with Crippen LogP contribution in [0.5, 0.6) is 0 Å². The van der Waals surface area contributed by atoms with Crippen LogP contribution in [0.1, 0.15) is 58.8 Å². The molecule has 0 unspecified atom stereocenters. The minimum absolute atomic E-state index is 0.211. The highest BCUT2D eigenvalue weighted by Crippen LogP contribution is 2.25. The molecule has 18 heavy (non-hydrogen) atoms. The van der Waals surface area contributed by atoms with E-state index in [-0.39, 0.29) is 12.0 Å². The third-order valence-electron chi connectivity index (χ3n) is 4.03. The topological polar surface area (TPSA) is 47.3 Å². The number of hydrogen-bond donors (Lipinski definition) is 1. The summed E-state index contributed by atoms with van der Waals surface area (Å²) in [6.07, 6.45) is 8.58. The molecule has 0 radical (unpaired) electrons. The van der Waals surface area contributed by atoms with Gasteiger partial charge in [-0.1, -0.05) is 19.3 Å². The molecule has 0 bridgehead atoms. The molecule has 0 spiro atoms. The number of hydrogen-bond acceptors (Lipinski definition) is 3. The van der Waals surface area contributed by atoms with Crippen LogP contribution in [0.4, 0.5) is 0 Å². The van der Waals surface area contributed by atoms with Gasteiger partial charge < -0.3 is 5.11 Å². The van der Waals surface area contributed by atoms with Gasteiger partial charge in [0.2, 0.25) is 0 Å². The van der Waals surface area contributed by atoms with E-state index < -0.39 is 0 Å². The van der Waals surface area contributed by atoms with E-state index in [1.807, 2.05) is 13.8 Å². The van der Waals surface area contributed by atoms with Crippen LogP contribution >= 0.6 is 0 Å². The molecule has 0 atom stereocenters. The normalized spacial score (nSPS) is 17.9. The average molecular weight is 252 g/mol. The number of aliphatic hydroxyl groups is 1. The van der Waals surface area contributed by atoms with Gasteiger partial charge in [0, 0.05) is 12.6 Å². The minimum Gasteiger partial charge on any atom is -0.395 e. The van der Waals surface area contributed by atoms with Gasteiger partial charge in [-0.3, -0.25) is 4.90 Å². The van der Waals surface area contributed by atoms with Crippen molar-refractivity contribution < 1.29 is 5.11 Å². The lowest BCUT2D eigenvalue weighted by Gasteiger charge is -2.34. The van der Waals surface area contributed by atoms with Crippen LogP contribution in [0.2, 0.25) is 0 Å². The molecule has 0 aromatic carbocycles. The van der Waals surface area contributed by atoms with Gasteiger partial charge in [-0.2, -0.15) is 5.26 Å². The van der Waals surface area contributed by atoms with Crippen molar-refractivity contribution in [2.45, 2.75) is 64.8 Å². The van der Waals surface area contributed by atoms with E-state index in [9.17, 15) is 5.11 Å². The highest BCUT2D eigenvalue weighted by molar-refractivity contribution is 4.91. The van der Waals surface area contributed by atoms with Crippen LogP contribution in [-0.4, -0.2) is 35.7 Å². The molecule has 1 aliphatic carbocycles. The van der Waals surface area contributed by atoms with Gasteiger partial charge in [0.25, 0.3) is 0 Å². The largest absolute Gasteiger partial charge is 0.395 e. The molecule has 1 rings (SSSR count). The van der Waals surface area contributed by atoms with E-state index >= 15 is 0 Å². The zero-order chi connectivity index (χ0) is 13.4. The van der Waals surface area contributed by atoms with Crippen LogP contribution < -0.4 is 0 Å². The molecule has 1 fully saturated rings. The zero-order valence-electron chi connectivity index (χ0n) is 12.0. The minimum atomic E-state index is -0.211. The van der Waals surface area contributed by atoms with Crippen LogP contribution in [0, 0.1) is 16.7 Å². The predicted molar refractivity (Wildman–Crippen MR) is 74.2 cm³/mol. The summed E-state index contributed by atoms with van der Waals surface area (Å²) < 4.78 is 0. The highest BCUT2D eigenvalue weighted by Gasteiger charge is 2.22. The Labute approximate surface area is 112 Å². The summed E-state index contributed by atoms with van der Waals surface area (Å²) in [5.74, 6) is 0. The maximum Gasteiger partial charge on any atom is 0.0683 e. The van der Waals surface area contributed by atoms with Crippen molar-refractivity contribution in [2.75, 3.05) is 19.7 Å². The second kappa shape index (κ2) is 7.76. The fourth-order valence-electron chi connectivity index (χ4n) is 2.83. The Hall–Kier alpha value is -0.590. The van der Waals surface area contributed by atoms with Gasteiger partial charge in [-0.05, 0) is 46.1 Å². The fourth-order valence-corrected chi connectivity index (χ4v) is 2.83. The van der Waals surface area contributed by atoms with Crippen LogP contribution in [0.25, 0.3) is 0 Å². The maximum absolute atomic E-state index is 9.18. The molecule has 0 saturated heterocycles. The highest BCUT2D eigenvalue weighted by atomic mass is 16.3. The van der Waals surface area contributed by atoms with E-state index in [0.29, 0.717) is 6.04 Å². The average Bonchev–Trinajstić information content (AvgIpc) is 2.39. The Morgan fingerprint density at radius 3 is 2.44 bits per heavy atom. The number of nitriles is 1. The smallest absolute Gasteiger partial charge is 0.0683 e. The molecule has 0 aliphatic heterocycles. The number of rotatable bonds is 7. The van der Waals surface area contributed by atoms with Crippen molar-refractivity contribution in [3.05, 3.63) is 0 Å². The summed E-state index contributed by atoms with van der Waals surface area (Å²) in [6.45, 7) is 6.07. The van der Waals surface area contributed by atoms with Crippen molar-refractivity contribution in [3.8, 4) is 6.07 Å². The molecule has 1 aliphatic rings. The van der Waals surface area contributed by atoms with Crippen molar-refractivity contribution >= 4 is 0 Å². The molecular formula is C15H28N2O. The molecule has 104 valence electrons.